The molecule has 0 saturated heterocycles. The van der Waals surface area contributed by atoms with Crippen molar-refractivity contribution in [1.82, 2.24) is 14.9 Å². The number of rotatable bonds is 3. The third-order valence-corrected chi connectivity index (χ3v) is 4.69. The Balaban J connectivity index is 1.80. The van der Waals surface area contributed by atoms with Gasteiger partial charge in [0.15, 0.2) is 0 Å². The Kier molecular flexibility index (Phi) is 4.47. The molecular weight excluding hydrogens is 351 g/mol. The number of carbonyl (C=O) groups excluding carboxylic acids is 1. The van der Waals surface area contributed by atoms with Crippen LogP contribution in [0.5, 0.6) is 0 Å². The predicted molar refractivity (Wildman–Crippen MR) is 89.4 cm³/mol. The van der Waals surface area contributed by atoms with Crippen molar-refractivity contribution in [3.05, 3.63) is 58.4 Å². The number of hydrogen-bond acceptors (Lipinski definition) is 4. The highest BCUT2D eigenvalue weighted by atomic mass is 32.1. The third kappa shape index (κ3) is 3.63. The molecule has 0 radical (unpaired) electrons. The van der Waals surface area contributed by atoms with E-state index in [0.29, 0.717) is 0 Å². The van der Waals surface area contributed by atoms with Gasteiger partial charge in [-0.2, -0.15) is 13.2 Å². The van der Waals surface area contributed by atoms with Gasteiger partial charge in [0.2, 0.25) is 0 Å². The van der Waals surface area contributed by atoms with E-state index in [2.05, 4.69) is 9.97 Å². The average molecular weight is 365 g/mol. The maximum absolute atomic E-state index is 12.7. The van der Waals surface area contributed by atoms with Crippen LogP contribution in [-0.4, -0.2) is 27.8 Å². The van der Waals surface area contributed by atoms with Crippen LogP contribution in [0.3, 0.4) is 0 Å². The quantitative estimate of drug-likeness (QED) is 0.696. The highest BCUT2D eigenvalue weighted by Gasteiger charge is 2.33. The molecule has 130 valence electrons. The summed E-state index contributed by atoms with van der Waals surface area (Å²) in [5.74, 6) is -0.391. The summed E-state index contributed by atoms with van der Waals surface area (Å²) in [6.45, 7) is 1.67. The van der Waals surface area contributed by atoms with Crippen LogP contribution >= 0.6 is 11.3 Å². The third-order valence-electron chi connectivity index (χ3n) is 3.66. The molecule has 0 saturated carbocycles. The normalized spacial score (nSPS) is 11.7. The van der Waals surface area contributed by atoms with E-state index < -0.39 is 17.8 Å². The molecule has 0 spiro atoms. The minimum absolute atomic E-state index is 0.0518. The minimum atomic E-state index is -4.53. The molecule has 0 aliphatic heterocycles. The topological polar surface area (TPSA) is 46.1 Å². The molecule has 3 aromatic rings. The summed E-state index contributed by atoms with van der Waals surface area (Å²) in [4.78, 5) is 21.9. The second-order valence-electron chi connectivity index (χ2n) is 5.56. The SMILES string of the molecule is Cc1nc(C(F)(F)F)ccc1C(=O)N(C)Cc1nc2ccccc2s1. The number of nitrogens with zero attached hydrogens (tertiary/aromatic N) is 3. The minimum Gasteiger partial charge on any atom is -0.335 e. The number of halogens is 3. The number of benzene rings is 1. The maximum atomic E-state index is 12.7. The van der Waals surface area contributed by atoms with Gasteiger partial charge in [-0.15, -0.1) is 11.3 Å². The fraction of sp³-hybridized carbons (Fsp3) is 0.235. The number of fused-ring (bicyclic) bond motifs is 1. The van der Waals surface area contributed by atoms with Crippen LogP contribution in [0, 0.1) is 6.92 Å². The van der Waals surface area contributed by atoms with Gasteiger partial charge in [0.25, 0.3) is 5.91 Å². The second kappa shape index (κ2) is 6.44. The molecule has 0 fully saturated rings. The van der Waals surface area contributed by atoms with Gasteiger partial charge in [-0.05, 0) is 31.2 Å². The van der Waals surface area contributed by atoms with Gasteiger partial charge in [-0.25, -0.2) is 9.97 Å². The largest absolute Gasteiger partial charge is 0.433 e. The molecule has 2 aromatic heterocycles. The van der Waals surface area contributed by atoms with Crippen LogP contribution in [0.4, 0.5) is 13.2 Å². The summed E-state index contributed by atoms with van der Waals surface area (Å²) >= 11 is 1.48. The highest BCUT2D eigenvalue weighted by Crippen LogP contribution is 2.28. The summed E-state index contributed by atoms with van der Waals surface area (Å²) in [5, 5.41) is 0.759. The molecule has 25 heavy (non-hydrogen) atoms. The summed E-state index contributed by atoms with van der Waals surface area (Å²) in [6.07, 6.45) is -4.53. The van der Waals surface area contributed by atoms with E-state index in [9.17, 15) is 18.0 Å². The van der Waals surface area contributed by atoms with Gasteiger partial charge in [0.05, 0.1) is 28.0 Å². The number of pyridine rings is 1. The predicted octanol–water partition coefficient (Wildman–Crippen LogP) is 4.29. The van der Waals surface area contributed by atoms with E-state index in [0.717, 1.165) is 21.3 Å². The molecular formula is C17H14F3N3OS. The lowest BCUT2D eigenvalue weighted by Gasteiger charge is -2.17. The van der Waals surface area contributed by atoms with Crippen molar-refractivity contribution in [2.24, 2.45) is 0 Å². The fourth-order valence-corrected chi connectivity index (χ4v) is 3.43. The molecule has 2 heterocycles. The van der Waals surface area contributed by atoms with Crippen molar-refractivity contribution in [2.45, 2.75) is 19.6 Å². The number of para-hydroxylation sites is 1. The zero-order valence-electron chi connectivity index (χ0n) is 13.5. The molecule has 1 amide bonds. The van der Waals surface area contributed by atoms with Crippen LogP contribution in [0.1, 0.15) is 26.8 Å². The molecule has 0 unspecified atom stereocenters. The standard InChI is InChI=1S/C17H14F3N3OS/c1-10-11(7-8-14(21-10)17(18,19)20)16(24)23(2)9-15-22-12-5-3-4-6-13(12)25-15/h3-8H,9H2,1-2H3. The van der Waals surface area contributed by atoms with Crippen molar-refractivity contribution in [3.8, 4) is 0 Å². The lowest BCUT2D eigenvalue weighted by atomic mass is 10.1. The summed E-state index contributed by atoms with van der Waals surface area (Å²) < 4.78 is 39.1. The Labute approximate surface area is 145 Å². The molecule has 8 heteroatoms. The summed E-state index contributed by atoms with van der Waals surface area (Å²) in [6, 6.07) is 9.63. The number of carbonyl (C=O) groups is 1. The molecule has 0 bridgehead atoms. The van der Waals surface area contributed by atoms with Gasteiger partial charge in [0, 0.05) is 7.05 Å². The van der Waals surface area contributed by atoms with E-state index >= 15 is 0 Å². The molecule has 0 aliphatic rings. The fourth-order valence-electron chi connectivity index (χ4n) is 2.41. The first kappa shape index (κ1) is 17.3. The smallest absolute Gasteiger partial charge is 0.335 e. The first-order chi connectivity index (χ1) is 11.8. The van der Waals surface area contributed by atoms with Crippen LogP contribution < -0.4 is 0 Å². The molecule has 0 aliphatic carbocycles. The lowest BCUT2D eigenvalue weighted by Crippen LogP contribution is -2.27. The van der Waals surface area contributed by atoms with Gasteiger partial charge in [-0.3, -0.25) is 4.79 Å². The Morgan fingerprint density at radius 3 is 2.52 bits per heavy atom. The van der Waals surface area contributed by atoms with E-state index in [1.54, 1.807) is 7.05 Å². The van der Waals surface area contributed by atoms with E-state index in [-0.39, 0.29) is 17.8 Å². The summed E-state index contributed by atoms with van der Waals surface area (Å²) in [7, 11) is 1.59. The number of hydrogen-bond donors (Lipinski definition) is 0. The monoisotopic (exact) mass is 365 g/mol. The molecule has 3 rings (SSSR count). The molecule has 4 nitrogen and oxygen atoms in total. The lowest BCUT2D eigenvalue weighted by molar-refractivity contribution is -0.141. The molecule has 1 aromatic carbocycles. The van der Waals surface area contributed by atoms with E-state index in [1.807, 2.05) is 24.3 Å². The van der Waals surface area contributed by atoms with Crippen molar-refractivity contribution in [3.63, 3.8) is 0 Å². The van der Waals surface area contributed by atoms with Gasteiger partial charge in [-0.1, -0.05) is 12.1 Å². The number of thiazole rings is 1. The highest BCUT2D eigenvalue weighted by molar-refractivity contribution is 7.18. The number of aryl methyl sites for hydroxylation is 1. The van der Waals surface area contributed by atoms with Crippen molar-refractivity contribution >= 4 is 27.5 Å². The maximum Gasteiger partial charge on any atom is 0.433 e. The van der Waals surface area contributed by atoms with Crippen molar-refractivity contribution in [1.29, 1.82) is 0 Å². The van der Waals surface area contributed by atoms with Crippen molar-refractivity contribution in [2.75, 3.05) is 7.05 Å². The van der Waals surface area contributed by atoms with Gasteiger partial charge < -0.3 is 4.90 Å². The average Bonchev–Trinajstić information content (AvgIpc) is 2.95. The Bertz CT molecular complexity index is 903. The Morgan fingerprint density at radius 2 is 1.88 bits per heavy atom. The Morgan fingerprint density at radius 1 is 1.16 bits per heavy atom. The van der Waals surface area contributed by atoms with Crippen LogP contribution in [0.15, 0.2) is 36.4 Å². The number of amides is 1. The first-order valence-electron chi connectivity index (χ1n) is 7.40. The van der Waals surface area contributed by atoms with Crippen molar-refractivity contribution < 1.29 is 18.0 Å². The number of alkyl halides is 3. The zero-order chi connectivity index (χ0) is 18.2. The van der Waals surface area contributed by atoms with Gasteiger partial charge >= 0.3 is 6.18 Å². The van der Waals surface area contributed by atoms with Crippen LogP contribution in [0.2, 0.25) is 0 Å². The van der Waals surface area contributed by atoms with E-state index in [4.69, 9.17) is 0 Å². The summed E-state index contributed by atoms with van der Waals surface area (Å²) in [5.41, 5.74) is 0.0543. The second-order valence-corrected chi connectivity index (χ2v) is 6.68. The Hall–Kier alpha value is -2.48. The molecule has 0 N–H and O–H groups in total. The number of aromatic nitrogens is 2. The first-order valence-corrected chi connectivity index (χ1v) is 8.22. The van der Waals surface area contributed by atoms with E-state index in [1.165, 1.54) is 29.2 Å². The van der Waals surface area contributed by atoms with Crippen LogP contribution in [-0.2, 0) is 12.7 Å². The van der Waals surface area contributed by atoms with Gasteiger partial charge in [0.1, 0.15) is 10.7 Å². The van der Waals surface area contributed by atoms with Crippen LogP contribution in [0.25, 0.3) is 10.2 Å². The zero-order valence-corrected chi connectivity index (χ0v) is 14.3. The molecule has 0 atom stereocenters.